The van der Waals surface area contributed by atoms with Gasteiger partial charge in [-0.05, 0) is 13.8 Å². The highest BCUT2D eigenvalue weighted by Crippen LogP contribution is 2.30. The zero-order chi connectivity index (χ0) is 15.8. The van der Waals surface area contributed by atoms with Crippen LogP contribution in [0.3, 0.4) is 0 Å². The van der Waals surface area contributed by atoms with Crippen molar-refractivity contribution in [2.24, 2.45) is 5.41 Å². The van der Waals surface area contributed by atoms with Crippen molar-refractivity contribution in [2.75, 3.05) is 0 Å². The molecule has 0 saturated carbocycles. The van der Waals surface area contributed by atoms with Gasteiger partial charge in [-0.1, -0.05) is 12.1 Å². The number of Topliss-reactive ketones (excluding diaryl/α,β-unsaturated/α-hetero) is 1. The van der Waals surface area contributed by atoms with E-state index in [0.717, 1.165) is 0 Å². The lowest BCUT2D eigenvalue weighted by molar-refractivity contribution is -0.383. The van der Waals surface area contributed by atoms with Crippen LogP contribution < -0.4 is 0 Å². The maximum absolute atomic E-state index is 12.3. The van der Waals surface area contributed by atoms with E-state index < -0.39 is 16.3 Å². The number of carboxylic acid groups (broad SMARTS) is 1. The number of hydrogen-bond donors (Lipinski definition) is 2. The van der Waals surface area contributed by atoms with Gasteiger partial charge in [0.15, 0.2) is 5.78 Å². The molecule has 1 heterocycles. The van der Waals surface area contributed by atoms with Gasteiger partial charge in [-0.25, -0.2) is 0 Å². The van der Waals surface area contributed by atoms with Crippen molar-refractivity contribution < 1.29 is 19.6 Å². The third kappa shape index (κ3) is 2.62. The van der Waals surface area contributed by atoms with Crippen LogP contribution in [0.2, 0.25) is 0 Å². The average molecular weight is 290 g/mol. The fourth-order valence-corrected chi connectivity index (χ4v) is 2.09. The first-order valence-corrected chi connectivity index (χ1v) is 6.25. The Morgan fingerprint density at radius 1 is 1.38 bits per heavy atom. The smallest absolute Gasteiger partial charge is 0.309 e. The molecule has 0 aliphatic carbocycles. The second kappa shape index (κ2) is 5.01. The summed E-state index contributed by atoms with van der Waals surface area (Å²) in [5, 5.41) is 20.4. The number of aliphatic carboxylic acids is 1. The van der Waals surface area contributed by atoms with Crippen LogP contribution in [0.25, 0.3) is 10.9 Å². The molecule has 7 nitrogen and oxygen atoms in total. The van der Waals surface area contributed by atoms with E-state index in [1.807, 2.05) is 0 Å². The number of nitrogens with one attached hydrogen (secondary N) is 1. The zero-order valence-electron chi connectivity index (χ0n) is 11.5. The van der Waals surface area contributed by atoms with Crippen molar-refractivity contribution in [2.45, 2.75) is 20.3 Å². The predicted molar refractivity (Wildman–Crippen MR) is 75.3 cm³/mol. The fourth-order valence-electron chi connectivity index (χ4n) is 2.09. The Morgan fingerprint density at radius 2 is 2.05 bits per heavy atom. The minimum atomic E-state index is -1.19. The molecule has 0 aliphatic rings. The lowest BCUT2D eigenvalue weighted by Crippen LogP contribution is -2.26. The largest absolute Gasteiger partial charge is 0.481 e. The Hall–Kier alpha value is -2.70. The van der Waals surface area contributed by atoms with E-state index >= 15 is 0 Å². The van der Waals surface area contributed by atoms with Crippen molar-refractivity contribution in [3.05, 3.63) is 40.1 Å². The number of nitro groups is 1. The molecule has 0 bridgehead atoms. The van der Waals surface area contributed by atoms with E-state index in [1.165, 1.54) is 32.2 Å². The van der Waals surface area contributed by atoms with Crippen LogP contribution in [0.5, 0.6) is 0 Å². The van der Waals surface area contributed by atoms with E-state index in [4.69, 9.17) is 5.11 Å². The number of hydrogen-bond acceptors (Lipinski definition) is 4. The van der Waals surface area contributed by atoms with Crippen molar-refractivity contribution in [1.82, 2.24) is 4.98 Å². The van der Waals surface area contributed by atoms with Crippen LogP contribution in [0.15, 0.2) is 24.4 Å². The topological polar surface area (TPSA) is 113 Å². The molecule has 2 aromatic rings. The Balaban J connectivity index is 2.44. The summed E-state index contributed by atoms with van der Waals surface area (Å²) in [6, 6.07) is 4.43. The fraction of sp³-hybridized carbons (Fsp3) is 0.286. The minimum Gasteiger partial charge on any atom is -0.481 e. The second-order valence-electron chi connectivity index (χ2n) is 5.45. The van der Waals surface area contributed by atoms with Gasteiger partial charge in [0.2, 0.25) is 0 Å². The average Bonchev–Trinajstić information content (AvgIpc) is 2.81. The van der Waals surface area contributed by atoms with Gasteiger partial charge in [-0.2, -0.15) is 0 Å². The lowest BCUT2D eigenvalue weighted by Gasteiger charge is -2.17. The number of carboxylic acids is 1. The highest BCUT2D eigenvalue weighted by molar-refractivity contribution is 6.10. The van der Waals surface area contributed by atoms with Crippen LogP contribution in [0.4, 0.5) is 5.69 Å². The minimum absolute atomic E-state index is 0.121. The highest BCUT2D eigenvalue weighted by atomic mass is 16.6. The number of nitro benzene ring substituents is 1. The first-order chi connectivity index (χ1) is 9.74. The summed E-state index contributed by atoms with van der Waals surface area (Å²) < 4.78 is 0. The summed E-state index contributed by atoms with van der Waals surface area (Å²) in [7, 11) is 0. The molecule has 2 N–H and O–H groups in total. The van der Waals surface area contributed by atoms with Crippen molar-refractivity contribution in [3.63, 3.8) is 0 Å². The Bertz CT molecular complexity index is 745. The third-order valence-electron chi connectivity index (χ3n) is 3.37. The molecule has 0 amide bonds. The Kier molecular flexibility index (Phi) is 3.51. The van der Waals surface area contributed by atoms with E-state index in [9.17, 15) is 19.7 Å². The summed E-state index contributed by atoms with van der Waals surface area (Å²) in [6.07, 6.45) is 1.20. The Morgan fingerprint density at radius 3 is 2.62 bits per heavy atom. The number of ketones is 1. The molecule has 0 radical (unpaired) electrons. The lowest BCUT2D eigenvalue weighted by atomic mass is 9.85. The van der Waals surface area contributed by atoms with Crippen LogP contribution in [0, 0.1) is 15.5 Å². The van der Waals surface area contributed by atoms with Crippen molar-refractivity contribution in [3.8, 4) is 0 Å². The molecule has 7 heteroatoms. The van der Waals surface area contributed by atoms with E-state index in [0.29, 0.717) is 5.39 Å². The van der Waals surface area contributed by atoms with E-state index in [-0.39, 0.29) is 29.0 Å². The molecule has 1 aromatic carbocycles. The summed E-state index contributed by atoms with van der Waals surface area (Å²) in [6.45, 7) is 2.93. The van der Waals surface area contributed by atoms with Gasteiger partial charge in [0.05, 0.1) is 10.3 Å². The Labute approximate surface area is 119 Å². The van der Waals surface area contributed by atoms with Gasteiger partial charge >= 0.3 is 5.97 Å². The summed E-state index contributed by atoms with van der Waals surface area (Å²) in [5.41, 5.74) is -0.785. The van der Waals surface area contributed by atoms with Gasteiger partial charge in [0, 0.05) is 29.6 Å². The second-order valence-corrected chi connectivity index (χ2v) is 5.45. The molecule has 0 unspecified atom stereocenters. The maximum Gasteiger partial charge on any atom is 0.309 e. The quantitative estimate of drug-likeness (QED) is 0.499. The van der Waals surface area contributed by atoms with Crippen molar-refractivity contribution in [1.29, 1.82) is 0 Å². The first kappa shape index (κ1) is 14.7. The van der Waals surface area contributed by atoms with Gasteiger partial charge in [-0.15, -0.1) is 0 Å². The van der Waals surface area contributed by atoms with Gasteiger partial charge in [0.1, 0.15) is 5.52 Å². The van der Waals surface area contributed by atoms with E-state index in [2.05, 4.69) is 4.98 Å². The number of aromatic nitrogens is 1. The maximum atomic E-state index is 12.3. The molecule has 0 saturated heterocycles. The molecule has 0 atom stereocenters. The molecule has 1 aromatic heterocycles. The van der Waals surface area contributed by atoms with Crippen LogP contribution >= 0.6 is 0 Å². The number of fused-ring (bicyclic) bond motifs is 1. The molecule has 0 spiro atoms. The molecular formula is C14H14N2O5. The molecule has 21 heavy (non-hydrogen) atoms. The summed E-state index contributed by atoms with van der Waals surface area (Å²) in [4.78, 5) is 36.5. The van der Waals surface area contributed by atoms with Gasteiger partial charge in [-0.3, -0.25) is 19.7 Å². The van der Waals surface area contributed by atoms with Crippen LogP contribution in [0.1, 0.15) is 30.6 Å². The van der Waals surface area contributed by atoms with Gasteiger partial charge in [0.25, 0.3) is 5.69 Å². The van der Waals surface area contributed by atoms with Gasteiger partial charge < -0.3 is 10.1 Å². The monoisotopic (exact) mass is 290 g/mol. The number of aromatic amines is 1. The number of non-ortho nitro benzene ring substituents is 1. The molecular weight excluding hydrogens is 276 g/mol. The third-order valence-corrected chi connectivity index (χ3v) is 3.37. The van der Waals surface area contributed by atoms with Crippen molar-refractivity contribution >= 4 is 28.3 Å². The highest BCUT2D eigenvalue weighted by Gasteiger charge is 2.31. The first-order valence-electron chi connectivity index (χ1n) is 6.25. The van der Waals surface area contributed by atoms with E-state index in [1.54, 1.807) is 6.07 Å². The predicted octanol–water partition coefficient (Wildman–Crippen LogP) is 2.76. The molecule has 0 aliphatic heterocycles. The number of H-pyrrole nitrogens is 1. The standard InChI is InChI=1S/C14H14N2O5/c1-14(2,13(18)19)6-11(17)9-7-15-12-8(9)4-3-5-10(12)16(20)21/h3-5,7,15H,6H2,1-2H3,(H,18,19). The number of para-hydroxylation sites is 1. The van der Waals surface area contributed by atoms with Crippen LogP contribution in [-0.2, 0) is 4.79 Å². The zero-order valence-corrected chi connectivity index (χ0v) is 11.5. The number of rotatable bonds is 5. The molecule has 2 rings (SSSR count). The number of carbonyl (C=O) groups excluding carboxylic acids is 1. The summed E-state index contributed by atoms with van der Waals surface area (Å²) in [5.74, 6) is -1.43. The molecule has 0 fully saturated rings. The number of nitrogens with zero attached hydrogens (tertiary/aromatic N) is 1. The SMILES string of the molecule is CC(C)(CC(=O)c1c[nH]c2c([N+](=O)[O-])cccc12)C(=O)O. The number of carbonyl (C=O) groups is 2. The summed E-state index contributed by atoms with van der Waals surface area (Å²) >= 11 is 0. The normalized spacial score (nSPS) is 11.5. The molecule has 110 valence electrons. The van der Waals surface area contributed by atoms with Crippen LogP contribution in [-0.4, -0.2) is 26.8 Å². The number of benzene rings is 1.